The molecule has 6 heteroatoms. The molecule has 27 heavy (non-hydrogen) atoms. The molecule has 0 unspecified atom stereocenters. The number of hydrogen-bond acceptors (Lipinski definition) is 6. The van der Waals surface area contributed by atoms with Crippen LogP contribution in [0.2, 0.25) is 0 Å². The van der Waals surface area contributed by atoms with Gasteiger partial charge < -0.3 is 14.8 Å². The monoisotopic (exact) mass is 377 g/mol. The molecular formula is C21H19N3O2S. The fourth-order valence-electron chi connectivity index (χ4n) is 2.55. The normalized spacial score (nSPS) is 11.0. The lowest BCUT2D eigenvalue weighted by Crippen LogP contribution is -1.93. The van der Waals surface area contributed by atoms with E-state index in [1.165, 1.54) is 11.3 Å². The van der Waals surface area contributed by atoms with Gasteiger partial charge in [-0.2, -0.15) is 5.26 Å². The first-order valence-corrected chi connectivity index (χ1v) is 9.15. The van der Waals surface area contributed by atoms with Crippen molar-refractivity contribution in [3.63, 3.8) is 0 Å². The lowest BCUT2D eigenvalue weighted by molar-refractivity contribution is 0.355. The molecule has 5 nitrogen and oxygen atoms in total. The van der Waals surface area contributed by atoms with E-state index in [4.69, 9.17) is 9.47 Å². The first-order valence-electron chi connectivity index (χ1n) is 8.27. The Balaban J connectivity index is 1.86. The van der Waals surface area contributed by atoms with Gasteiger partial charge in [0.25, 0.3) is 0 Å². The predicted octanol–water partition coefficient (Wildman–Crippen LogP) is 5.11. The Labute approximate surface area is 162 Å². The molecule has 136 valence electrons. The third-order valence-corrected chi connectivity index (χ3v) is 4.93. The molecule has 0 bridgehead atoms. The van der Waals surface area contributed by atoms with Crippen LogP contribution in [0.15, 0.2) is 54.0 Å². The number of benzene rings is 2. The van der Waals surface area contributed by atoms with Crippen molar-refractivity contribution in [1.82, 2.24) is 4.98 Å². The maximum absolute atomic E-state index is 9.53. The van der Waals surface area contributed by atoms with Gasteiger partial charge in [-0.15, -0.1) is 11.3 Å². The summed E-state index contributed by atoms with van der Waals surface area (Å²) in [6.45, 7) is 2.01. The molecule has 1 heterocycles. The minimum absolute atomic E-state index is 0.481. The van der Waals surface area contributed by atoms with Gasteiger partial charge in [-0.1, -0.05) is 18.2 Å². The van der Waals surface area contributed by atoms with E-state index < -0.39 is 0 Å². The smallest absolute Gasteiger partial charge is 0.161 e. The number of nitriles is 1. The summed E-state index contributed by atoms with van der Waals surface area (Å²) in [5, 5.41) is 15.3. The zero-order valence-electron chi connectivity index (χ0n) is 15.3. The summed E-state index contributed by atoms with van der Waals surface area (Å²) in [7, 11) is 3.20. The highest BCUT2D eigenvalue weighted by Crippen LogP contribution is 2.33. The Morgan fingerprint density at radius 2 is 1.93 bits per heavy atom. The van der Waals surface area contributed by atoms with Gasteiger partial charge in [-0.25, -0.2) is 4.98 Å². The number of ether oxygens (including phenoxy) is 2. The van der Waals surface area contributed by atoms with Crippen LogP contribution >= 0.6 is 11.3 Å². The van der Waals surface area contributed by atoms with Gasteiger partial charge >= 0.3 is 0 Å². The minimum atomic E-state index is 0.481. The summed E-state index contributed by atoms with van der Waals surface area (Å²) < 4.78 is 10.6. The van der Waals surface area contributed by atoms with Crippen LogP contribution in [0.5, 0.6) is 11.5 Å². The van der Waals surface area contributed by atoms with Crippen molar-refractivity contribution in [2.24, 2.45) is 0 Å². The van der Waals surface area contributed by atoms with Crippen molar-refractivity contribution in [1.29, 1.82) is 5.26 Å². The SMILES string of the molecule is COc1ccc(-c2csc(/C(C#N)=C/Nc3ccccc3C)n2)cc1OC. The van der Waals surface area contributed by atoms with E-state index in [0.29, 0.717) is 22.1 Å². The van der Waals surface area contributed by atoms with Crippen LogP contribution in [-0.2, 0) is 0 Å². The Hall–Kier alpha value is -3.30. The van der Waals surface area contributed by atoms with Crippen molar-refractivity contribution in [3.8, 4) is 28.8 Å². The fraction of sp³-hybridized carbons (Fsp3) is 0.143. The second-order valence-electron chi connectivity index (χ2n) is 5.74. The summed E-state index contributed by atoms with van der Waals surface area (Å²) in [5.74, 6) is 1.30. The predicted molar refractivity (Wildman–Crippen MR) is 109 cm³/mol. The highest BCUT2D eigenvalue weighted by Gasteiger charge is 2.12. The minimum Gasteiger partial charge on any atom is -0.493 e. The summed E-state index contributed by atoms with van der Waals surface area (Å²) in [4.78, 5) is 4.61. The second kappa shape index (κ2) is 8.39. The topological polar surface area (TPSA) is 67.2 Å². The van der Waals surface area contributed by atoms with Crippen LogP contribution in [0.3, 0.4) is 0 Å². The van der Waals surface area contributed by atoms with Gasteiger partial charge in [0, 0.05) is 22.8 Å². The number of aromatic nitrogens is 1. The van der Waals surface area contributed by atoms with E-state index in [1.807, 2.05) is 54.8 Å². The maximum Gasteiger partial charge on any atom is 0.161 e. The zero-order valence-corrected chi connectivity index (χ0v) is 16.1. The maximum atomic E-state index is 9.53. The van der Waals surface area contributed by atoms with Crippen molar-refractivity contribution >= 4 is 22.6 Å². The summed E-state index contributed by atoms with van der Waals surface area (Å²) in [6, 6.07) is 15.8. The van der Waals surface area contributed by atoms with Crippen LogP contribution in [0.1, 0.15) is 10.6 Å². The molecule has 1 aromatic heterocycles. The molecule has 0 radical (unpaired) electrons. The standard InChI is InChI=1S/C21H19N3O2S/c1-14-6-4-5-7-17(14)23-12-16(11-22)21-24-18(13-27-21)15-8-9-19(25-2)20(10-15)26-3/h4-10,12-13,23H,1-3H3/b16-12+. The van der Waals surface area contributed by atoms with Crippen molar-refractivity contribution in [2.45, 2.75) is 6.92 Å². The molecular weight excluding hydrogens is 358 g/mol. The molecule has 0 saturated heterocycles. The molecule has 3 rings (SSSR count). The molecule has 0 aliphatic rings. The van der Waals surface area contributed by atoms with Crippen molar-refractivity contribution in [3.05, 3.63) is 64.6 Å². The highest BCUT2D eigenvalue weighted by atomic mass is 32.1. The molecule has 3 aromatic rings. The third kappa shape index (κ3) is 4.10. The van der Waals surface area contributed by atoms with Crippen LogP contribution in [0, 0.1) is 18.3 Å². The summed E-state index contributed by atoms with van der Waals surface area (Å²) >= 11 is 1.43. The molecule has 0 aliphatic heterocycles. The average Bonchev–Trinajstić information content (AvgIpc) is 3.19. The Kier molecular flexibility index (Phi) is 5.74. The van der Waals surface area contributed by atoms with Crippen molar-refractivity contribution < 1.29 is 9.47 Å². The number of anilines is 1. The summed E-state index contributed by atoms with van der Waals surface area (Å²) in [5.41, 5.74) is 4.24. The largest absolute Gasteiger partial charge is 0.493 e. The van der Waals surface area contributed by atoms with Crippen molar-refractivity contribution in [2.75, 3.05) is 19.5 Å². The van der Waals surface area contributed by atoms with E-state index in [-0.39, 0.29) is 0 Å². The fourth-order valence-corrected chi connectivity index (χ4v) is 3.35. The van der Waals surface area contributed by atoms with Gasteiger partial charge in [0.2, 0.25) is 0 Å². The van der Waals surface area contributed by atoms with E-state index in [2.05, 4.69) is 16.4 Å². The van der Waals surface area contributed by atoms with E-state index in [1.54, 1.807) is 20.4 Å². The number of allylic oxidation sites excluding steroid dienone is 1. The molecule has 0 aliphatic carbocycles. The number of rotatable bonds is 6. The summed E-state index contributed by atoms with van der Waals surface area (Å²) in [6.07, 6.45) is 1.69. The number of methoxy groups -OCH3 is 2. The lowest BCUT2D eigenvalue weighted by atomic mass is 10.1. The molecule has 1 N–H and O–H groups in total. The molecule has 2 aromatic carbocycles. The second-order valence-corrected chi connectivity index (χ2v) is 6.59. The van der Waals surface area contributed by atoms with E-state index in [0.717, 1.165) is 22.5 Å². The number of nitrogens with zero attached hydrogens (tertiary/aromatic N) is 2. The van der Waals surface area contributed by atoms with Crippen LogP contribution in [0.4, 0.5) is 5.69 Å². The number of para-hydroxylation sites is 1. The molecule has 0 spiro atoms. The van der Waals surface area contributed by atoms with Gasteiger partial charge in [-0.3, -0.25) is 0 Å². The Bertz CT molecular complexity index is 1020. The lowest BCUT2D eigenvalue weighted by Gasteiger charge is -2.08. The molecule has 0 atom stereocenters. The zero-order chi connectivity index (χ0) is 19.2. The Morgan fingerprint density at radius 1 is 1.15 bits per heavy atom. The number of thiazole rings is 1. The molecule has 0 fully saturated rings. The van der Waals surface area contributed by atoms with Gasteiger partial charge in [0.15, 0.2) is 11.5 Å². The van der Waals surface area contributed by atoms with E-state index >= 15 is 0 Å². The number of nitrogens with one attached hydrogen (secondary N) is 1. The van der Waals surface area contributed by atoms with Crippen LogP contribution in [0.25, 0.3) is 16.8 Å². The van der Waals surface area contributed by atoms with E-state index in [9.17, 15) is 5.26 Å². The first kappa shape index (κ1) is 18.5. The van der Waals surface area contributed by atoms with Gasteiger partial charge in [-0.05, 0) is 36.8 Å². The van der Waals surface area contributed by atoms with Crippen LogP contribution in [-0.4, -0.2) is 19.2 Å². The first-order chi connectivity index (χ1) is 13.2. The highest BCUT2D eigenvalue weighted by molar-refractivity contribution is 7.11. The van der Waals surface area contributed by atoms with Gasteiger partial charge in [0.05, 0.1) is 19.9 Å². The number of aryl methyl sites for hydroxylation is 1. The average molecular weight is 377 g/mol. The Morgan fingerprint density at radius 3 is 2.63 bits per heavy atom. The molecule has 0 amide bonds. The number of hydrogen-bond donors (Lipinski definition) is 1. The molecule has 0 saturated carbocycles. The van der Waals surface area contributed by atoms with Crippen LogP contribution < -0.4 is 14.8 Å². The van der Waals surface area contributed by atoms with Gasteiger partial charge in [0.1, 0.15) is 16.6 Å². The quantitative estimate of drug-likeness (QED) is 0.605. The third-order valence-electron chi connectivity index (χ3n) is 4.05.